The molecule has 2 aromatic carbocycles. The number of hydrogen-bond donors (Lipinski definition) is 4. The Bertz CT molecular complexity index is 1600. The molecule has 7 nitrogen and oxygen atoms in total. The first kappa shape index (κ1) is 34.3. The van der Waals surface area contributed by atoms with Gasteiger partial charge in [-0.25, -0.2) is 0 Å². The summed E-state index contributed by atoms with van der Waals surface area (Å²) in [5.41, 5.74) is 8.13. The Morgan fingerprint density at radius 2 is 1.64 bits per heavy atom. The summed E-state index contributed by atoms with van der Waals surface area (Å²) >= 11 is 4.53. The number of para-hydroxylation sites is 2. The number of likely N-dealkylation sites (N-methyl/N-ethyl adjacent to an activating group) is 1. The van der Waals surface area contributed by atoms with Crippen LogP contribution in [0.15, 0.2) is 83.2 Å². The maximum atomic E-state index is 14.0. The fraction of sp³-hybridized carbons (Fsp3) is 0.432. The smallest absolute Gasteiger partial charge is 0.243 e. The summed E-state index contributed by atoms with van der Waals surface area (Å²) in [6, 6.07) is 16.2. The van der Waals surface area contributed by atoms with Crippen LogP contribution < -0.4 is 15.5 Å². The van der Waals surface area contributed by atoms with Gasteiger partial charge in [-0.2, -0.15) is 17.2 Å². The molecule has 0 aromatic heterocycles. The number of nitrogens with zero attached hydrogens (tertiary/aromatic N) is 2. The van der Waals surface area contributed by atoms with Crippen LogP contribution in [-0.2, 0) is 20.4 Å². The average Bonchev–Trinajstić information content (AvgIpc) is 3.36. The zero-order valence-corrected chi connectivity index (χ0v) is 28.9. The fourth-order valence-corrected chi connectivity index (χ4v) is 7.01. The second-order valence-electron chi connectivity index (χ2n) is 12.9. The summed E-state index contributed by atoms with van der Waals surface area (Å²) in [5, 5.41) is 13.5. The number of hydrogen-bond acceptors (Lipinski definition) is 6. The van der Waals surface area contributed by atoms with Crippen molar-refractivity contribution in [3.05, 3.63) is 94.4 Å². The van der Waals surface area contributed by atoms with Crippen molar-refractivity contribution in [3.8, 4) is 0 Å². The van der Waals surface area contributed by atoms with Crippen LogP contribution in [0.5, 0.6) is 0 Å². The molecule has 2 aliphatic heterocycles. The molecule has 1 atom stereocenters. The number of allylic oxidation sites excluding steroid dienone is 5. The number of carbonyl (C=O) groups excluding carboxylic acids is 2. The van der Waals surface area contributed by atoms with E-state index in [1.807, 2.05) is 24.3 Å². The first-order valence-corrected chi connectivity index (χ1v) is 16.4. The lowest BCUT2D eigenvalue weighted by Gasteiger charge is -2.31. The number of ketones is 1. The lowest BCUT2D eigenvalue weighted by Crippen LogP contribution is -2.48. The molecule has 0 fully saturated rings. The fourth-order valence-electron chi connectivity index (χ4n) is 6.75. The number of amides is 1. The highest BCUT2D eigenvalue weighted by molar-refractivity contribution is 7.80. The Morgan fingerprint density at radius 3 is 2.27 bits per heavy atom. The predicted octanol–water partition coefficient (Wildman–Crippen LogP) is 5.57. The summed E-state index contributed by atoms with van der Waals surface area (Å²) in [5.74, 6) is 0.177. The Morgan fingerprint density at radius 1 is 1.00 bits per heavy atom. The van der Waals surface area contributed by atoms with Gasteiger partial charge in [0.2, 0.25) is 11.6 Å². The van der Waals surface area contributed by atoms with Crippen molar-refractivity contribution in [1.82, 2.24) is 10.6 Å². The molecular weight excluding hydrogens is 580 g/mol. The third-order valence-corrected chi connectivity index (χ3v) is 9.73. The molecule has 0 saturated carbocycles. The van der Waals surface area contributed by atoms with Gasteiger partial charge >= 0.3 is 0 Å². The van der Waals surface area contributed by atoms with Crippen LogP contribution in [0.25, 0.3) is 0 Å². The molecule has 3 aliphatic rings. The Hall–Kier alpha value is -3.62. The molecule has 3 N–H and O–H groups in total. The van der Waals surface area contributed by atoms with E-state index in [9.17, 15) is 9.59 Å². The van der Waals surface area contributed by atoms with Gasteiger partial charge in [-0.1, -0.05) is 70.0 Å². The molecule has 2 aromatic rings. The number of aliphatic hydroxyl groups excluding tert-OH is 1. The van der Waals surface area contributed by atoms with Gasteiger partial charge < -0.3 is 20.6 Å². The van der Waals surface area contributed by atoms with Gasteiger partial charge in [0.25, 0.3) is 0 Å². The third-order valence-electron chi connectivity index (χ3n) is 9.37. The number of anilines is 1. The quantitative estimate of drug-likeness (QED) is 0.120. The van der Waals surface area contributed by atoms with Crippen molar-refractivity contribution >= 4 is 41.4 Å². The van der Waals surface area contributed by atoms with E-state index >= 15 is 0 Å². The molecule has 1 aliphatic carbocycles. The van der Waals surface area contributed by atoms with Gasteiger partial charge in [-0.3, -0.25) is 9.59 Å². The first-order chi connectivity index (χ1) is 21.4. The molecule has 0 saturated heterocycles. The topological polar surface area (TPSA) is 84.7 Å². The van der Waals surface area contributed by atoms with Crippen LogP contribution >= 0.6 is 12.6 Å². The van der Waals surface area contributed by atoms with Gasteiger partial charge in [-0.15, -0.1) is 0 Å². The van der Waals surface area contributed by atoms with E-state index < -0.39 is 6.04 Å². The highest BCUT2D eigenvalue weighted by atomic mass is 32.1. The van der Waals surface area contributed by atoms with Crippen molar-refractivity contribution in [2.45, 2.75) is 70.8 Å². The summed E-state index contributed by atoms with van der Waals surface area (Å²) in [6.07, 6.45) is 7.12. The summed E-state index contributed by atoms with van der Waals surface area (Å²) < 4.78 is 2.17. The molecule has 8 heteroatoms. The second kappa shape index (κ2) is 13.8. The number of carbonyl (C=O) groups is 2. The summed E-state index contributed by atoms with van der Waals surface area (Å²) in [6.45, 7) is 11.5. The van der Waals surface area contributed by atoms with E-state index in [2.05, 4.69) is 118 Å². The Labute approximate surface area is 274 Å². The molecule has 1 amide bonds. The van der Waals surface area contributed by atoms with Crippen LogP contribution in [0.2, 0.25) is 0 Å². The van der Waals surface area contributed by atoms with Crippen molar-refractivity contribution < 1.29 is 19.3 Å². The van der Waals surface area contributed by atoms with Crippen LogP contribution in [0.4, 0.5) is 11.4 Å². The number of Topliss-reactive ketones (excluding diaryl/α,β-unsaturated/α-hetero) is 1. The monoisotopic (exact) mass is 629 g/mol. The highest BCUT2D eigenvalue weighted by Crippen LogP contribution is 2.48. The van der Waals surface area contributed by atoms with Crippen molar-refractivity contribution in [2.75, 3.05) is 38.4 Å². The minimum Gasteiger partial charge on any atom is -0.400 e. The number of unbranched alkanes of at least 4 members (excludes halogenated alkanes) is 2. The highest BCUT2D eigenvalue weighted by Gasteiger charge is 2.46. The van der Waals surface area contributed by atoms with E-state index in [1.54, 1.807) is 0 Å². The molecule has 0 spiro atoms. The number of aliphatic hydroxyl groups is 1. The number of rotatable bonds is 10. The second-order valence-corrected chi connectivity index (χ2v) is 13.2. The van der Waals surface area contributed by atoms with Gasteiger partial charge in [0.05, 0.1) is 16.7 Å². The Kier molecular flexibility index (Phi) is 10.5. The third kappa shape index (κ3) is 6.15. The van der Waals surface area contributed by atoms with Gasteiger partial charge in [-0.05, 0) is 38.0 Å². The summed E-state index contributed by atoms with van der Waals surface area (Å²) in [7, 11) is 5.10. The maximum absolute atomic E-state index is 14.0. The van der Waals surface area contributed by atoms with Gasteiger partial charge in [0.15, 0.2) is 11.5 Å². The SMILES string of the molecule is CCCCCNC(=O)C(CS)NC1=C(/C=C2/N(C)c3ccccc3C2(C)C)C(=O)/C1=C\C1=[N+](C)c2ccccc2C1(C)C.CO. The van der Waals surface area contributed by atoms with Gasteiger partial charge in [0.1, 0.15) is 13.1 Å². The van der Waals surface area contributed by atoms with Crippen molar-refractivity contribution in [1.29, 1.82) is 0 Å². The molecule has 45 heavy (non-hydrogen) atoms. The molecule has 1 unspecified atom stereocenters. The molecule has 240 valence electrons. The molecular formula is C37H49N4O3S+. The maximum Gasteiger partial charge on any atom is 0.243 e. The normalized spacial score (nSPS) is 20.0. The lowest BCUT2D eigenvalue weighted by atomic mass is 9.77. The van der Waals surface area contributed by atoms with Crippen molar-refractivity contribution in [3.63, 3.8) is 0 Å². The van der Waals surface area contributed by atoms with Crippen LogP contribution in [0.3, 0.4) is 0 Å². The molecule has 5 rings (SSSR count). The van der Waals surface area contributed by atoms with E-state index in [4.69, 9.17) is 5.11 Å². The van der Waals surface area contributed by atoms with Crippen molar-refractivity contribution in [2.24, 2.45) is 0 Å². The molecule has 0 bridgehead atoms. The Balaban J connectivity index is 0.00000226. The number of nitrogens with one attached hydrogen (secondary N) is 2. The van der Waals surface area contributed by atoms with Crippen LogP contribution in [0, 0.1) is 0 Å². The minimum atomic E-state index is -0.576. The molecule has 2 heterocycles. The number of fused-ring (bicyclic) bond motifs is 2. The minimum absolute atomic E-state index is 0.0240. The largest absolute Gasteiger partial charge is 0.400 e. The predicted molar refractivity (Wildman–Crippen MR) is 188 cm³/mol. The van der Waals surface area contributed by atoms with E-state index in [-0.39, 0.29) is 22.5 Å². The summed E-state index contributed by atoms with van der Waals surface area (Å²) in [4.78, 5) is 29.4. The lowest BCUT2D eigenvalue weighted by molar-refractivity contribution is -0.401. The van der Waals surface area contributed by atoms with Crippen LogP contribution in [-0.4, -0.2) is 66.6 Å². The number of benzene rings is 2. The standard InChI is InChI=1S/C36H44N4O2S.CH4O/c1-8-9-14-19-37-34(42)27(22-43)38-32-23(20-30-35(2,3)25-15-10-12-17-28(25)39(30)6)33(41)24(32)21-31-36(4,5)26-16-11-13-18-29(26)40(31)7;1-2/h10-13,15-18,20-21,27,38H,8-9,14,19,22H2,1-7H3,(H-,37,42,43);2H,1H3/p+1. The first-order valence-electron chi connectivity index (χ1n) is 15.8. The zero-order chi connectivity index (χ0) is 33.1. The van der Waals surface area contributed by atoms with Crippen LogP contribution in [0.1, 0.15) is 65.0 Å². The average molecular weight is 630 g/mol. The zero-order valence-electron chi connectivity index (χ0n) is 28.0. The molecule has 0 radical (unpaired) electrons. The number of thiol groups is 1. The van der Waals surface area contributed by atoms with E-state index in [0.717, 1.165) is 49.2 Å². The van der Waals surface area contributed by atoms with E-state index in [1.165, 1.54) is 11.1 Å². The van der Waals surface area contributed by atoms with Gasteiger partial charge in [0, 0.05) is 66.5 Å². The van der Waals surface area contributed by atoms with E-state index in [0.29, 0.717) is 29.1 Å².